The van der Waals surface area contributed by atoms with E-state index in [-0.39, 0.29) is 24.3 Å². The molecular formula is C18H22N2O2S2. The Morgan fingerprint density at radius 1 is 1.25 bits per heavy atom. The normalized spacial score (nSPS) is 11.8. The number of thioether (sulfide) groups is 1. The second-order valence-corrected chi connectivity index (χ2v) is 7.43. The van der Waals surface area contributed by atoms with E-state index in [1.165, 1.54) is 11.8 Å². The molecule has 0 bridgehead atoms. The third-order valence-electron chi connectivity index (χ3n) is 3.65. The molecule has 0 saturated heterocycles. The molecule has 0 aliphatic rings. The fourth-order valence-electron chi connectivity index (χ4n) is 2.38. The number of hydrogen-bond acceptors (Lipinski definition) is 4. The van der Waals surface area contributed by atoms with E-state index in [1.807, 2.05) is 35.9 Å². The maximum atomic E-state index is 12.5. The number of rotatable bonds is 7. The molecule has 2 aromatic rings. The Kier molecular flexibility index (Phi) is 6.87. The molecule has 1 aromatic heterocycles. The first-order valence-electron chi connectivity index (χ1n) is 7.67. The smallest absolute Gasteiger partial charge is 0.225 e. The number of amides is 2. The summed E-state index contributed by atoms with van der Waals surface area (Å²) in [6, 6.07) is 11.8. The summed E-state index contributed by atoms with van der Waals surface area (Å²) in [6.07, 6.45) is 2.30. The first-order chi connectivity index (χ1) is 11.5. The Morgan fingerprint density at radius 3 is 2.50 bits per heavy atom. The Bertz CT molecular complexity index is 669. The van der Waals surface area contributed by atoms with Gasteiger partial charge in [-0.15, -0.1) is 23.1 Å². The Morgan fingerprint density at radius 2 is 1.96 bits per heavy atom. The average molecular weight is 363 g/mol. The zero-order chi connectivity index (χ0) is 17.5. The highest BCUT2D eigenvalue weighted by molar-refractivity contribution is 7.98. The van der Waals surface area contributed by atoms with Gasteiger partial charge in [-0.3, -0.25) is 9.59 Å². The molecule has 0 aliphatic heterocycles. The lowest BCUT2D eigenvalue weighted by atomic mass is 10.1. The first-order valence-corrected chi connectivity index (χ1v) is 9.77. The van der Waals surface area contributed by atoms with Crippen LogP contribution in [0, 0.1) is 0 Å². The number of thiophene rings is 1. The van der Waals surface area contributed by atoms with Gasteiger partial charge in [-0.2, -0.15) is 0 Å². The van der Waals surface area contributed by atoms with E-state index in [1.54, 1.807) is 35.0 Å². The van der Waals surface area contributed by atoms with Crippen molar-refractivity contribution in [3.05, 3.63) is 52.2 Å². The third kappa shape index (κ3) is 5.39. The van der Waals surface area contributed by atoms with Crippen molar-refractivity contribution in [2.75, 3.05) is 13.3 Å². The molecule has 128 valence electrons. The highest BCUT2D eigenvalue weighted by Gasteiger charge is 2.20. The molecule has 2 amide bonds. The van der Waals surface area contributed by atoms with Crippen LogP contribution in [0.25, 0.3) is 0 Å². The topological polar surface area (TPSA) is 49.4 Å². The first kappa shape index (κ1) is 18.5. The van der Waals surface area contributed by atoms with Gasteiger partial charge >= 0.3 is 0 Å². The van der Waals surface area contributed by atoms with Gasteiger partial charge in [-0.05, 0) is 35.4 Å². The quantitative estimate of drug-likeness (QED) is 0.764. The number of carbonyl (C=O) groups excluding carboxylic acids is 2. The summed E-state index contributed by atoms with van der Waals surface area (Å²) in [6.45, 7) is 2.03. The van der Waals surface area contributed by atoms with E-state index in [9.17, 15) is 9.59 Å². The lowest BCUT2D eigenvalue weighted by Gasteiger charge is -2.22. The van der Waals surface area contributed by atoms with Crippen molar-refractivity contribution < 1.29 is 9.59 Å². The van der Waals surface area contributed by atoms with E-state index in [0.29, 0.717) is 6.54 Å². The standard InChI is InChI=1S/C18H22N2O2S2/c1-13(21)19-16(17-5-4-10-24-17)11-18(22)20(2)12-14-6-8-15(23-3)9-7-14/h4-10,16H,11-12H2,1-3H3,(H,19,21)/t16-/m0/s1. The van der Waals surface area contributed by atoms with Crippen LogP contribution in [-0.4, -0.2) is 30.0 Å². The molecule has 1 aromatic carbocycles. The van der Waals surface area contributed by atoms with Gasteiger partial charge in [0, 0.05) is 30.3 Å². The minimum absolute atomic E-state index is 0.0103. The molecule has 4 nitrogen and oxygen atoms in total. The molecule has 1 atom stereocenters. The molecule has 1 heterocycles. The van der Waals surface area contributed by atoms with E-state index in [4.69, 9.17) is 0 Å². The predicted octanol–water partition coefficient (Wildman–Crippen LogP) is 3.70. The van der Waals surface area contributed by atoms with Gasteiger partial charge in [0.15, 0.2) is 0 Å². The molecule has 1 N–H and O–H groups in total. The second kappa shape index (κ2) is 8.89. The molecule has 6 heteroatoms. The fourth-order valence-corrected chi connectivity index (χ4v) is 3.57. The Labute approximate surface area is 151 Å². The second-order valence-electron chi connectivity index (χ2n) is 5.57. The predicted molar refractivity (Wildman–Crippen MR) is 100 cm³/mol. The van der Waals surface area contributed by atoms with Crippen LogP contribution in [0.3, 0.4) is 0 Å². The van der Waals surface area contributed by atoms with E-state index >= 15 is 0 Å². The molecule has 24 heavy (non-hydrogen) atoms. The maximum Gasteiger partial charge on any atom is 0.225 e. The summed E-state index contributed by atoms with van der Waals surface area (Å²) in [5.41, 5.74) is 1.09. The molecule has 0 fully saturated rings. The van der Waals surface area contributed by atoms with Crippen LogP contribution in [0.2, 0.25) is 0 Å². The monoisotopic (exact) mass is 362 g/mol. The summed E-state index contributed by atoms with van der Waals surface area (Å²) < 4.78 is 0. The van der Waals surface area contributed by atoms with Crippen LogP contribution in [0.1, 0.15) is 29.8 Å². The summed E-state index contributed by atoms with van der Waals surface area (Å²) in [5.74, 6) is -0.118. The van der Waals surface area contributed by atoms with Crippen LogP contribution >= 0.6 is 23.1 Å². The van der Waals surface area contributed by atoms with Gasteiger partial charge in [-0.1, -0.05) is 18.2 Å². The molecule has 0 saturated carbocycles. The van der Waals surface area contributed by atoms with Crippen LogP contribution in [0.4, 0.5) is 0 Å². The van der Waals surface area contributed by atoms with E-state index in [0.717, 1.165) is 10.4 Å². The van der Waals surface area contributed by atoms with Crippen molar-refractivity contribution >= 4 is 34.9 Å². The SMILES string of the molecule is CSc1ccc(CN(C)C(=O)C[C@H](NC(C)=O)c2cccs2)cc1. The lowest BCUT2D eigenvalue weighted by molar-refractivity contribution is -0.131. The van der Waals surface area contributed by atoms with Crippen molar-refractivity contribution in [2.45, 2.75) is 30.8 Å². The number of hydrogen-bond donors (Lipinski definition) is 1. The van der Waals surface area contributed by atoms with Crippen molar-refractivity contribution in [1.29, 1.82) is 0 Å². The molecule has 2 rings (SSSR count). The molecule has 0 unspecified atom stereocenters. The number of nitrogens with one attached hydrogen (secondary N) is 1. The summed E-state index contributed by atoms with van der Waals surface area (Å²) in [4.78, 5) is 27.9. The largest absolute Gasteiger partial charge is 0.348 e. The minimum atomic E-state index is -0.267. The summed E-state index contributed by atoms with van der Waals surface area (Å²) in [5, 5.41) is 4.82. The highest BCUT2D eigenvalue weighted by Crippen LogP contribution is 2.23. The van der Waals surface area contributed by atoms with Gasteiger partial charge in [0.2, 0.25) is 11.8 Å². The third-order valence-corrected chi connectivity index (χ3v) is 5.38. The van der Waals surface area contributed by atoms with E-state index < -0.39 is 0 Å². The van der Waals surface area contributed by atoms with Crippen molar-refractivity contribution in [3.8, 4) is 0 Å². The van der Waals surface area contributed by atoms with Gasteiger partial charge < -0.3 is 10.2 Å². The number of carbonyl (C=O) groups is 2. The van der Waals surface area contributed by atoms with Crippen molar-refractivity contribution in [3.63, 3.8) is 0 Å². The fraction of sp³-hybridized carbons (Fsp3) is 0.333. The van der Waals surface area contributed by atoms with Gasteiger partial charge in [0.05, 0.1) is 12.5 Å². The zero-order valence-corrected chi connectivity index (χ0v) is 15.7. The van der Waals surface area contributed by atoms with Gasteiger partial charge in [0.1, 0.15) is 0 Å². The molecule has 0 aliphatic carbocycles. The Balaban J connectivity index is 1.98. The molecule has 0 spiro atoms. The summed E-state index contributed by atoms with van der Waals surface area (Å²) >= 11 is 3.24. The van der Waals surface area contributed by atoms with E-state index in [2.05, 4.69) is 17.4 Å². The molecular weight excluding hydrogens is 340 g/mol. The van der Waals surface area contributed by atoms with Crippen LogP contribution < -0.4 is 5.32 Å². The number of nitrogens with zero attached hydrogens (tertiary/aromatic N) is 1. The van der Waals surface area contributed by atoms with Gasteiger partial charge in [0.25, 0.3) is 0 Å². The van der Waals surface area contributed by atoms with Crippen molar-refractivity contribution in [2.24, 2.45) is 0 Å². The number of benzene rings is 1. The maximum absolute atomic E-state index is 12.5. The van der Waals surface area contributed by atoms with Crippen LogP contribution in [0.15, 0.2) is 46.7 Å². The zero-order valence-electron chi connectivity index (χ0n) is 14.1. The van der Waals surface area contributed by atoms with Gasteiger partial charge in [-0.25, -0.2) is 0 Å². The lowest BCUT2D eigenvalue weighted by Crippen LogP contribution is -2.33. The van der Waals surface area contributed by atoms with Crippen LogP contribution in [0.5, 0.6) is 0 Å². The average Bonchev–Trinajstić information content (AvgIpc) is 3.09. The van der Waals surface area contributed by atoms with Crippen molar-refractivity contribution in [1.82, 2.24) is 10.2 Å². The highest BCUT2D eigenvalue weighted by atomic mass is 32.2. The molecule has 0 radical (unpaired) electrons. The minimum Gasteiger partial charge on any atom is -0.348 e. The Hall–Kier alpha value is -1.79. The van der Waals surface area contributed by atoms with Crippen LogP contribution in [-0.2, 0) is 16.1 Å². The summed E-state index contributed by atoms with van der Waals surface area (Å²) in [7, 11) is 1.80.